The van der Waals surface area contributed by atoms with Crippen molar-refractivity contribution < 1.29 is 23.8 Å². The number of rotatable bonds is 4. The number of carbonyl (C=O) groups excluding carboxylic acids is 1. The Kier molecular flexibility index (Phi) is 4.06. The van der Waals surface area contributed by atoms with Crippen molar-refractivity contribution in [2.75, 3.05) is 13.7 Å². The van der Waals surface area contributed by atoms with Gasteiger partial charge in [-0.3, -0.25) is 9.59 Å². The maximum atomic E-state index is 12.7. The van der Waals surface area contributed by atoms with Crippen LogP contribution in [0.1, 0.15) is 27.2 Å². The third kappa shape index (κ3) is 3.06. The summed E-state index contributed by atoms with van der Waals surface area (Å²) in [6.45, 7) is 1.07. The van der Waals surface area contributed by atoms with Crippen molar-refractivity contribution in [2.45, 2.75) is 19.4 Å². The summed E-state index contributed by atoms with van der Waals surface area (Å²) >= 11 is 0. The average molecular weight is 315 g/mol. The molecule has 23 heavy (non-hydrogen) atoms. The fourth-order valence-electron chi connectivity index (χ4n) is 2.81. The molecular formula is C17H17NO5. The Bertz CT molecular complexity index is 749. The van der Waals surface area contributed by atoms with E-state index in [0.29, 0.717) is 18.7 Å². The number of amides is 1. The van der Waals surface area contributed by atoms with E-state index in [1.807, 2.05) is 18.2 Å². The zero-order chi connectivity index (χ0) is 16.4. The number of aliphatic carboxylic acids is 1. The van der Waals surface area contributed by atoms with Crippen LogP contribution in [-0.2, 0) is 24.2 Å². The number of methoxy groups -OCH3 is 1. The molecule has 3 rings (SSSR count). The van der Waals surface area contributed by atoms with Crippen LogP contribution in [0.4, 0.5) is 0 Å². The van der Waals surface area contributed by atoms with Gasteiger partial charge < -0.3 is 19.2 Å². The summed E-state index contributed by atoms with van der Waals surface area (Å²) in [6.07, 6.45) is 1.82. The normalized spacial score (nSPS) is 13.5. The van der Waals surface area contributed by atoms with Crippen molar-refractivity contribution in [2.24, 2.45) is 0 Å². The molecule has 0 spiro atoms. The molecule has 0 bridgehead atoms. The highest BCUT2D eigenvalue weighted by molar-refractivity contribution is 5.96. The lowest BCUT2D eigenvalue weighted by molar-refractivity contribution is -0.136. The molecule has 0 saturated carbocycles. The summed E-state index contributed by atoms with van der Waals surface area (Å²) < 4.78 is 10.4. The number of carboxylic acid groups (broad SMARTS) is 1. The quantitative estimate of drug-likeness (QED) is 0.934. The molecular weight excluding hydrogens is 298 g/mol. The Morgan fingerprint density at radius 2 is 2.13 bits per heavy atom. The molecule has 0 unspecified atom stereocenters. The van der Waals surface area contributed by atoms with Crippen LogP contribution in [0.15, 0.2) is 34.9 Å². The third-order valence-corrected chi connectivity index (χ3v) is 4.00. The van der Waals surface area contributed by atoms with Gasteiger partial charge in [-0.05, 0) is 35.7 Å². The predicted molar refractivity (Wildman–Crippen MR) is 81.5 cm³/mol. The van der Waals surface area contributed by atoms with E-state index < -0.39 is 5.97 Å². The first kappa shape index (κ1) is 15.1. The maximum Gasteiger partial charge on any atom is 0.311 e. The molecule has 0 aliphatic carbocycles. The van der Waals surface area contributed by atoms with Gasteiger partial charge in [0.1, 0.15) is 17.9 Å². The zero-order valence-electron chi connectivity index (χ0n) is 12.7. The molecule has 0 radical (unpaired) electrons. The van der Waals surface area contributed by atoms with Crippen LogP contribution in [0.2, 0.25) is 0 Å². The summed E-state index contributed by atoms with van der Waals surface area (Å²) in [6, 6.07) is 7.39. The second-order valence-corrected chi connectivity index (χ2v) is 5.44. The minimum Gasteiger partial charge on any atom is -0.497 e. The standard InChI is InChI=1S/C17H17NO5/c1-22-13-3-2-11-4-6-18(10-12(11)8-13)17(21)14-5-7-23-15(14)9-16(19)20/h2-3,5,7-8H,4,6,9-10H2,1H3,(H,19,20). The number of hydrogen-bond donors (Lipinski definition) is 1. The number of carbonyl (C=O) groups is 2. The number of fused-ring (bicyclic) bond motifs is 1. The summed E-state index contributed by atoms with van der Waals surface area (Å²) in [4.78, 5) is 25.2. The van der Waals surface area contributed by atoms with E-state index in [0.717, 1.165) is 17.7 Å². The van der Waals surface area contributed by atoms with Crippen molar-refractivity contribution in [3.8, 4) is 5.75 Å². The minimum atomic E-state index is -1.03. The predicted octanol–water partition coefficient (Wildman–Crippen LogP) is 2.11. The SMILES string of the molecule is COc1ccc2c(c1)CN(C(=O)c1ccoc1CC(=O)O)CC2. The van der Waals surface area contributed by atoms with E-state index in [-0.39, 0.29) is 18.1 Å². The van der Waals surface area contributed by atoms with Gasteiger partial charge in [-0.1, -0.05) is 6.07 Å². The Hall–Kier alpha value is -2.76. The third-order valence-electron chi connectivity index (χ3n) is 4.00. The van der Waals surface area contributed by atoms with Gasteiger partial charge in [0.05, 0.1) is 18.9 Å². The van der Waals surface area contributed by atoms with E-state index in [1.165, 1.54) is 17.9 Å². The molecule has 1 aliphatic heterocycles. The van der Waals surface area contributed by atoms with E-state index in [9.17, 15) is 9.59 Å². The van der Waals surface area contributed by atoms with Crippen LogP contribution >= 0.6 is 0 Å². The highest BCUT2D eigenvalue weighted by Gasteiger charge is 2.25. The monoisotopic (exact) mass is 315 g/mol. The van der Waals surface area contributed by atoms with Crippen molar-refractivity contribution in [3.63, 3.8) is 0 Å². The summed E-state index contributed by atoms with van der Waals surface area (Å²) in [5, 5.41) is 8.89. The lowest BCUT2D eigenvalue weighted by atomic mass is 9.98. The minimum absolute atomic E-state index is 0.193. The van der Waals surface area contributed by atoms with Crippen LogP contribution in [0.5, 0.6) is 5.75 Å². The molecule has 6 heteroatoms. The summed E-state index contributed by atoms with van der Waals surface area (Å²) in [7, 11) is 1.61. The molecule has 0 saturated heterocycles. The Morgan fingerprint density at radius 1 is 1.30 bits per heavy atom. The fourth-order valence-corrected chi connectivity index (χ4v) is 2.81. The second kappa shape index (κ2) is 6.16. The Labute approximate surface area is 133 Å². The van der Waals surface area contributed by atoms with Gasteiger partial charge >= 0.3 is 5.97 Å². The summed E-state index contributed by atoms with van der Waals surface area (Å²) in [5.41, 5.74) is 2.57. The molecule has 1 aliphatic rings. The first-order chi connectivity index (χ1) is 11.1. The number of hydrogen-bond acceptors (Lipinski definition) is 4. The molecule has 2 heterocycles. The first-order valence-electron chi connectivity index (χ1n) is 7.31. The lowest BCUT2D eigenvalue weighted by Crippen LogP contribution is -2.36. The van der Waals surface area contributed by atoms with Gasteiger partial charge in [0.15, 0.2) is 0 Å². The van der Waals surface area contributed by atoms with Crippen LogP contribution in [0.3, 0.4) is 0 Å². The average Bonchev–Trinajstić information content (AvgIpc) is 3.00. The highest BCUT2D eigenvalue weighted by Crippen LogP contribution is 2.25. The van der Waals surface area contributed by atoms with Gasteiger partial charge in [-0.25, -0.2) is 0 Å². The molecule has 1 aromatic heterocycles. The van der Waals surface area contributed by atoms with Gasteiger partial charge in [-0.15, -0.1) is 0 Å². The van der Waals surface area contributed by atoms with Crippen molar-refractivity contribution in [3.05, 3.63) is 53.0 Å². The van der Waals surface area contributed by atoms with E-state index in [4.69, 9.17) is 14.3 Å². The van der Waals surface area contributed by atoms with Gasteiger partial charge in [-0.2, -0.15) is 0 Å². The molecule has 1 N–H and O–H groups in total. The molecule has 0 fully saturated rings. The van der Waals surface area contributed by atoms with Gasteiger partial charge in [0, 0.05) is 13.1 Å². The van der Waals surface area contributed by atoms with E-state index >= 15 is 0 Å². The topological polar surface area (TPSA) is 80.0 Å². The molecule has 1 amide bonds. The maximum absolute atomic E-state index is 12.7. The number of carboxylic acids is 1. The van der Waals surface area contributed by atoms with Crippen LogP contribution in [0, 0.1) is 0 Å². The molecule has 6 nitrogen and oxygen atoms in total. The zero-order valence-corrected chi connectivity index (χ0v) is 12.7. The number of nitrogens with zero attached hydrogens (tertiary/aromatic N) is 1. The lowest BCUT2D eigenvalue weighted by Gasteiger charge is -2.29. The van der Waals surface area contributed by atoms with Crippen LogP contribution < -0.4 is 4.74 Å². The smallest absolute Gasteiger partial charge is 0.311 e. The van der Waals surface area contributed by atoms with Gasteiger partial charge in [0.2, 0.25) is 0 Å². The van der Waals surface area contributed by atoms with Crippen molar-refractivity contribution >= 4 is 11.9 Å². The largest absolute Gasteiger partial charge is 0.497 e. The Morgan fingerprint density at radius 3 is 2.87 bits per heavy atom. The number of benzene rings is 1. The second-order valence-electron chi connectivity index (χ2n) is 5.44. The molecule has 1 aromatic carbocycles. The fraction of sp³-hybridized carbons (Fsp3) is 0.294. The highest BCUT2D eigenvalue weighted by atomic mass is 16.5. The van der Waals surface area contributed by atoms with Gasteiger partial charge in [0.25, 0.3) is 5.91 Å². The molecule has 2 aromatic rings. The number of furan rings is 1. The van der Waals surface area contributed by atoms with Crippen molar-refractivity contribution in [1.29, 1.82) is 0 Å². The molecule has 120 valence electrons. The molecule has 0 atom stereocenters. The van der Waals surface area contributed by atoms with Crippen LogP contribution in [0.25, 0.3) is 0 Å². The van der Waals surface area contributed by atoms with Crippen LogP contribution in [-0.4, -0.2) is 35.5 Å². The number of ether oxygens (including phenoxy) is 1. The first-order valence-corrected chi connectivity index (χ1v) is 7.31. The Balaban J connectivity index is 1.81. The van der Waals surface area contributed by atoms with E-state index in [2.05, 4.69) is 0 Å². The van der Waals surface area contributed by atoms with E-state index in [1.54, 1.807) is 12.0 Å². The summed E-state index contributed by atoms with van der Waals surface area (Å²) in [5.74, 6) is -0.280. The van der Waals surface area contributed by atoms with Crippen molar-refractivity contribution in [1.82, 2.24) is 4.90 Å².